The van der Waals surface area contributed by atoms with Crippen molar-refractivity contribution in [3.05, 3.63) is 22.7 Å². The Morgan fingerprint density at radius 2 is 2.32 bits per heavy atom. The van der Waals surface area contributed by atoms with E-state index in [1.807, 2.05) is 13.8 Å². The highest BCUT2D eigenvalue weighted by Gasteiger charge is 2.33. The maximum atomic E-state index is 12.3. The largest absolute Gasteiger partial charge is 0.480 e. The van der Waals surface area contributed by atoms with Crippen molar-refractivity contribution in [3.63, 3.8) is 0 Å². The van der Waals surface area contributed by atoms with E-state index in [2.05, 4.69) is 4.98 Å². The Morgan fingerprint density at radius 3 is 2.95 bits per heavy atom. The van der Waals surface area contributed by atoms with Crippen LogP contribution >= 0.6 is 0 Å². The van der Waals surface area contributed by atoms with E-state index in [-0.39, 0.29) is 11.4 Å². The molecule has 6 heteroatoms. The summed E-state index contributed by atoms with van der Waals surface area (Å²) in [6.45, 7) is 5.25. The van der Waals surface area contributed by atoms with Gasteiger partial charge in [-0.3, -0.25) is 4.79 Å². The molecule has 2 rings (SSSR count). The SMILES string of the molecule is CC(C)Cn1ccnc(N2CCCC2C(=O)O)c1=O. The third-order valence-electron chi connectivity index (χ3n) is 3.27. The summed E-state index contributed by atoms with van der Waals surface area (Å²) >= 11 is 0. The van der Waals surface area contributed by atoms with Crippen molar-refractivity contribution in [2.45, 2.75) is 39.3 Å². The molecule has 104 valence electrons. The summed E-state index contributed by atoms with van der Waals surface area (Å²) in [6, 6.07) is -0.630. The Bertz CT molecular complexity index is 524. The molecule has 1 unspecified atom stereocenters. The zero-order chi connectivity index (χ0) is 14.0. The first-order valence-electron chi connectivity index (χ1n) is 6.55. The molecule has 1 aromatic heterocycles. The van der Waals surface area contributed by atoms with Crippen LogP contribution in [0.1, 0.15) is 26.7 Å². The molecule has 0 radical (unpaired) electrons. The number of carboxylic acids is 1. The van der Waals surface area contributed by atoms with E-state index in [0.717, 1.165) is 6.42 Å². The number of hydrogen-bond donors (Lipinski definition) is 1. The number of anilines is 1. The number of aliphatic carboxylic acids is 1. The average molecular weight is 265 g/mol. The predicted octanol–water partition coefficient (Wildman–Crippen LogP) is 0.953. The summed E-state index contributed by atoms with van der Waals surface area (Å²) < 4.78 is 1.60. The van der Waals surface area contributed by atoms with Gasteiger partial charge in [-0.25, -0.2) is 9.78 Å². The summed E-state index contributed by atoms with van der Waals surface area (Å²) in [5.41, 5.74) is -0.204. The van der Waals surface area contributed by atoms with Crippen LogP contribution in [0.15, 0.2) is 17.2 Å². The maximum Gasteiger partial charge on any atom is 0.326 e. The standard InChI is InChI=1S/C13H19N3O3/c1-9(2)8-15-7-5-14-11(12(15)17)16-6-3-4-10(16)13(18)19/h5,7,9-10H,3-4,6,8H2,1-2H3,(H,18,19). The molecule has 1 aliphatic rings. The molecule has 1 N–H and O–H groups in total. The molecule has 1 saturated heterocycles. The van der Waals surface area contributed by atoms with E-state index >= 15 is 0 Å². The second kappa shape index (κ2) is 5.42. The molecule has 1 aliphatic heterocycles. The van der Waals surface area contributed by atoms with Crippen LogP contribution in [0.5, 0.6) is 0 Å². The van der Waals surface area contributed by atoms with E-state index in [0.29, 0.717) is 25.4 Å². The van der Waals surface area contributed by atoms with Gasteiger partial charge in [-0.1, -0.05) is 13.8 Å². The van der Waals surface area contributed by atoms with Crippen LogP contribution in [-0.4, -0.2) is 33.2 Å². The summed E-state index contributed by atoms with van der Waals surface area (Å²) in [5.74, 6) is -0.284. The van der Waals surface area contributed by atoms with Gasteiger partial charge in [0.05, 0.1) is 0 Å². The first-order chi connectivity index (χ1) is 9.00. The van der Waals surface area contributed by atoms with Gasteiger partial charge in [0.2, 0.25) is 0 Å². The van der Waals surface area contributed by atoms with E-state index in [1.165, 1.54) is 0 Å². The lowest BCUT2D eigenvalue weighted by Crippen LogP contribution is -2.41. The molecule has 1 fully saturated rings. The van der Waals surface area contributed by atoms with Gasteiger partial charge in [0.15, 0.2) is 5.82 Å². The van der Waals surface area contributed by atoms with Gasteiger partial charge < -0.3 is 14.6 Å². The van der Waals surface area contributed by atoms with Gasteiger partial charge >= 0.3 is 5.97 Å². The lowest BCUT2D eigenvalue weighted by atomic mass is 10.2. The van der Waals surface area contributed by atoms with E-state index in [4.69, 9.17) is 0 Å². The number of rotatable bonds is 4. The Hall–Kier alpha value is -1.85. The summed E-state index contributed by atoms with van der Waals surface area (Å²) in [6.07, 6.45) is 4.56. The zero-order valence-electron chi connectivity index (χ0n) is 11.2. The van der Waals surface area contributed by atoms with Crippen molar-refractivity contribution in [3.8, 4) is 0 Å². The molecular weight excluding hydrogens is 246 g/mol. The van der Waals surface area contributed by atoms with Gasteiger partial charge in [-0.15, -0.1) is 0 Å². The van der Waals surface area contributed by atoms with Crippen molar-refractivity contribution < 1.29 is 9.90 Å². The predicted molar refractivity (Wildman–Crippen MR) is 71.3 cm³/mol. The fraction of sp³-hybridized carbons (Fsp3) is 0.615. The van der Waals surface area contributed by atoms with Crippen LogP contribution in [0, 0.1) is 5.92 Å². The van der Waals surface area contributed by atoms with E-state index in [9.17, 15) is 14.7 Å². The molecular formula is C13H19N3O3. The number of aromatic nitrogens is 2. The van der Waals surface area contributed by atoms with Crippen molar-refractivity contribution in [1.29, 1.82) is 0 Å². The summed E-state index contributed by atoms with van der Waals surface area (Å²) in [5, 5.41) is 9.17. The zero-order valence-corrected chi connectivity index (χ0v) is 11.2. The minimum absolute atomic E-state index is 0.204. The minimum Gasteiger partial charge on any atom is -0.480 e. The molecule has 0 spiro atoms. The van der Waals surface area contributed by atoms with Crippen molar-refractivity contribution in [1.82, 2.24) is 9.55 Å². The molecule has 6 nitrogen and oxygen atoms in total. The molecule has 0 aliphatic carbocycles. The van der Waals surface area contributed by atoms with Crippen molar-refractivity contribution >= 4 is 11.8 Å². The van der Waals surface area contributed by atoms with Gasteiger partial charge in [0.1, 0.15) is 6.04 Å². The quantitative estimate of drug-likeness (QED) is 0.877. The van der Waals surface area contributed by atoms with Crippen molar-refractivity contribution in [2.75, 3.05) is 11.4 Å². The smallest absolute Gasteiger partial charge is 0.326 e. The average Bonchev–Trinajstić information content (AvgIpc) is 2.80. The highest BCUT2D eigenvalue weighted by Crippen LogP contribution is 2.21. The first-order valence-corrected chi connectivity index (χ1v) is 6.55. The Kier molecular flexibility index (Phi) is 3.87. The molecule has 2 heterocycles. The Labute approximate surface area is 111 Å². The van der Waals surface area contributed by atoms with Crippen molar-refractivity contribution in [2.24, 2.45) is 5.92 Å². The highest BCUT2D eigenvalue weighted by atomic mass is 16.4. The van der Waals surface area contributed by atoms with E-state index in [1.54, 1.807) is 21.9 Å². The van der Waals surface area contributed by atoms with Crippen LogP contribution < -0.4 is 10.5 Å². The van der Waals surface area contributed by atoms with Gasteiger partial charge in [-0.05, 0) is 18.8 Å². The second-order valence-corrected chi connectivity index (χ2v) is 5.29. The minimum atomic E-state index is -0.891. The topological polar surface area (TPSA) is 75.4 Å². The lowest BCUT2D eigenvalue weighted by molar-refractivity contribution is -0.138. The highest BCUT2D eigenvalue weighted by molar-refractivity contribution is 5.78. The third kappa shape index (κ3) is 2.77. The fourth-order valence-corrected chi connectivity index (χ4v) is 2.45. The first kappa shape index (κ1) is 13.6. The molecule has 19 heavy (non-hydrogen) atoms. The number of nitrogens with zero attached hydrogens (tertiary/aromatic N) is 3. The normalized spacial score (nSPS) is 19.1. The Morgan fingerprint density at radius 1 is 1.58 bits per heavy atom. The number of carboxylic acid groups (broad SMARTS) is 1. The van der Waals surface area contributed by atoms with Crippen LogP contribution in [0.2, 0.25) is 0 Å². The van der Waals surface area contributed by atoms with Crippen LogP contribution in [0.3, 0.4) is 0 Å². The molecule has 0 bridgehead atoms. The number of carbonyl (C=O) groups is 1. The molecule has 1 atom stereocenters. The summed E-state index contributed by atoms with van der Waals surface area (Å²) in [7, 11) is 0. The van der Waals surface area contributed by atoms with Crippen LogP contribution in [0.25, 0.3) is 0 Å². The molecule has 0 aromatic carbocycles. The lowest BCUT2D eigenvalue weighted by Gasteiger charge is -2.22. The Balaban J connectivity index is 2.35. The van der Waals surface area contributed by atoms with Gasteiger partial charge in [-0.2, -0.15) is 0 Å². The molecule has 0 amide bonds. The van der Waals surface area contributed by atoms with Gasteiger partial charge in [0, 0.05) is 25.5 Å². The van der Waals surface area contributed by atoms with Gasteiger partial charge in [0.25, 0.3) is 5.56 Å². The molecule has 1 aromatic rings. The third-order valence-corrected chi connectivity index (χ3v) is 3.27. The van der Waals surface area contributed by atoms with Crippen LogP contribution in [0.4, 0.5) is 5.82 Å². The van der Waals surface area contributed by atoms with Crippen LogP contribution in [-0.2, 0) is 11.3 Å². The molecule has 0 saturated carbocycles. The maximum absolute atomic E-state index is 12.3. The summed E-state index contributed by atoms with van der Waals surface area (Å²) in [4.78, 5) is 29.2. The monoisotopic (exact) mass is 265 g/mol. The fourth-order valence-electron chi connectivity index (χ4n) is 2.45. The number of hydrogen-bond acceptors (Lipinski definition) is 4. The second-order valence-electron chi connectivity index (χ2n) is 5.29. The van der Waals surface area contributed by atoms with E-state index < -0.39 is 12.0 Å².